The Hall–Kier alpha value is -0.290. The molecule has 0 heterocycles. The van der Waals surface area contributed by atoms with Gasteiger partial charge >= 0.3 is 0 Å². The fourth-order valence-corrected chi connectivity index (χ4v) is 2.14. The van der Waals surface area contributed by atoms with Gasteiger partial charge in [-0.2, -0.15) is 0 Å². The summed E-state index contributed by atoms with van der Waals surface area (Å²) in [7, 11) is 0. The number of rotatable bonds is 4. The molecule has 0 bridgehead atoms. The van der Waals surface area contributed by atoms with Crippen LogP contribution in [0.4, 0.5) is 0 Å². The number of ether oxygens (including phenoxy) is 1. The van der Waals surface area contributed by atoms with E-state index in [4.69, 9.17) is 10.5 Å². The van der Waals surface area contributed by atoms with Crippen LogP contribution < -0.4 is 10.5 Å². The van der Waals surface area contributed by atoms with Crippen molar-refractivity contribution in [3.63, 3.8) is 0 Å². The van der Waals surface area contributed by atoms with Crippen LogP contribution in [0, 0.1) is 8.99 Å². The molecule has 0 radical (unpaired) electrons. The fraction of sp³-hybridized carbons (Fsp3) is 0.571. The first-order chi connectivity index (χ1) is 7.84. The Kier molecular flexibility index (Phi) is 5.25. The standard InChI is InChI=1S/C14H22INO/c1-5-12(16)13(14(2,3)4)17-11-8-6-10(15)7-9-11/h6-9,12-13H,5,16H2,1-4H3. The summed E-state index contributed by atoms with van der Waals surface area (Å²) in [5, 5.41) is 0. The maximum absolute atomic E-state index is 6.15. The van der Waals surface area contributed by atoms with Crippen LogP contribution in [0.3, 0.4) is 0 Å². The largest absolute Gasteiger partial charge is 0.488 e. The molecule has 2 N–H and O–H groups in total. The van der Waals surface area contributed by atoms with Crippen LogP contribution >= 0.6 is 22.6 Å². The summed E-state index contributed by atoms with van der Waals surface area (Å²) in [5.74, 6) is 0.897. The number of hydrogen-bond acceptors (Lipinski definition) is 2. The second kappa shape index (κ2) is 6.05. The zero-order valence-electron chi connectivity index (χ0n) is 11.0. The molecule has 2 nitrogen and oxygen atoms in total. The summed E-state index contributed by atoms with van der Waals surface area (Å²) < 4.78 is 7.27. The molecule has 0 saturated heterocycles. The molecule has 0 amide bonds. The molecule has 17 heavy (non-hydrogen) atoms. The quantitative estimate of drug-likeness (QED) is 0.841. The second-order valence-electron chi connectivity index (χ2n) is 5.43. The van der Waals surface area contributed by atoms with Crippen molar-refractivity contribution in [3.8, 4) is 5.75 Å². The average Bonchev–Trinajstić information content (AvgIpc) is 2.25. The topological polar surface area (TPSA) is 35.2 Å². The van der Waals surface area contributed by atoms with Crippen LogP contribution in [0.15, 0.2) is 24.3 Å². The zero-order valence-corrected chi connectivity index (χ0v) is 13.2. The monoisotopic (exact) mass is 347 g/mol. The zero-order chi connectivity index (χ0) is 13.1. The summed E-state index contributed by atoms with van der Waals surface area (Å²) in [6.45, 7) is 8.60. The third-order valence-electron chi connectivity index (χ3n) is 2.79. The maximum atomic E-state index is 6.15. The van der Waals surface area contributed by atoms with Crippen molar-refractivity contribution >= 4 is 22.6 Å². The molecule has 96 valence electrons. The lowest BCUT2D eigenvalue weighted by atomic mass is 9.84. The molecule has 0 aliphatic carbocycles. The highest BCUT2D eigenvalue weighted by Crippen LogP contribution is 2.27. The molecule has 0 aliphatic heterocycles. The first-order valence-electron chi connectivity index (χ1n) is 6.02. The summed E-state index contributed by atoms with van der Waals surface area (Å²) in [6.07, 6.45) is 0.958. The van der Waals surface area contributed by atoms with E-state index in [0.29, 0.717) is 0 Å². The van der Waals surface area contributed by atoms with Gasteiger partial charge in [0.25, 0.3) is 0 Å². The Balaban J connectivity index is 2.83. The molecular formula is C14H22INO. The van der Waals surface area contributed by atoms with Crippen LogP contribution in [-0.4, -0.2) is 12.1 Å². The minimum atomic E-state index is 0.0348. The van der Waals surface area contributed by atoms with Gasteiger partial charge < -0.3 is 10.5 Å². The van der Waals surface area contributed by atoms with Gasteiger partial charge in [0.15, 0.2) is 0 Å². The van der Waals surface area contributed by atoms with Crippen LogP contribution in [0.5, 0.6) is 5.75 Å². The van der Waals surface area contributed by atoms with Crippen LogP contribution in [0.25, 0.3) is 0 Å². The predicted octanol–water partition coefficient (Wildman–Crippen LogP) is 3.82. The van der Waals surface area contributed by atoms with Crippen LogP contribution in [0.2, 0.25) is 0 Å². The molecule has 0 fully saturated rings. The van der Waals surface area contributed by atoms with E-state index in [0.717, 1.165) is 12.2 Å². The summed E-state index contributed by atoms with van der Waals surface area (Å²) >= 11 is 2.29. The normalized spacial score (nSPS) is 15.4. The Morgan fingerprint density at radius 2 is 1.76 bits per heavy atom. The summed E-state index contributed by atoms with van der Waals surface area (Å²) in [6, 6.07) is 8.17. The molecular weight excluding hydrogens is 325 g/mol. The van der Waals surface area contributed by atoms with E-state index in [1.165, 1.54) is 3.57 Å². The van der Waals surface area contributed by atoms with Crippen LogP contribution in [0.1, 0.15) is 34.1 Å². The van der Waals surface area contributed by atoms with E-state index in [1.807, 2.05) is 24.3 Å². The van der Waals surface area contributed by atoms with Gasteiger partial charge in [-0.15, -0.1) is 0 Å². The molecule has 0 aromatic heterocycles. The molecule has 3 heteroatoms. The van der Waals surface area contributed by atoms with Crippen molar-refractivity contribution < 1.29 is 4.74 Å². The molecule has 0 spiro atoms. The lowest BCUT2D eigenvalue weighted by Gasteiger charge is -2.35. The van der Waals surface area contributed by atoms with Gasteiger partial charge in [0.2, 0.25) is 0 Å². The maximum Gasteiger partial charge on any atom is 0.119 e. The lowest BCUT2D eigenvalue weighted by Crippen LogP contribution is -2.47. The molecule has 0 aliphatic rings. The molecule has 2 atom stereocenters. The van der Waals surface area contributed by atoms with Gasteiger partial charge in [-0.1, -0.05) is 27.7 Å². The number of nitrogens with two attached hydrogens (primary N) is 1. The van der Waals surface area contributed by atoms with Gasteiger partial charge in [0, 0.05) is 15.0 Å². The molecule has 0 saturated carbocycles. The van der Waals surface area contributed by atoms with E-state index in [-0.39, 0.29) is 17.6 Å². The highest BCUT2D eigenvalue weighted by Gasteiger charge is 2.31. The lowest BCUT2D eigenvalue weighted by molar-refractivity contribution is 0.0621. The van der Waals surface area contributed by atoms with Gasteiger partial charge in [-0.25, -0.2) is 0 Å². The van der Waals surface area contributed by atoms with Gasteiger partial charge in [-0.05, 0) is 53.3 Å². The van der Waals surface area contributed by atoms with Gasteiger partial charge in [0.05, 0.1) is 0 Å². The van der Waals surface area contributed by atoms with Crippen LogP contribution in [-0.2, 0) is 0 Å². The average molecular weight is 347 g/mol. The van der Waals surface area contributed by atoms with E-state index in [2.05, 4.69) is 50.3 Å². The molecule has 1 aromatic carbocycles. The van der Waals surface area contributed by atoms with E-state index in [9.17, 15) is 0 Å². The second-order valence-corrected chi connectivity index (χ2v) is 6.68. The third kappa shape index (κ3) is 4.47. The summed E-state index contributed by atoms with van der Waals surface area (Å²) in [4.78, 5) is 0. The van der Waals surface area contributed by atoms with Crippen molar-refractivity contribution in [1.29, 1.82) is 0 Å². The van der Waals surface area contributed by atoms with Gasteiger partial charge in [0.1, 0.15) is 11.9 Å². The minimum Gasteiger partial charge on any atom is -0.488 e. The van der Waals surface area contributed by atoms with Crippen molar-refractivity contribution in [1.82, 2.24) is 0 Å². The Bertz CT molecular complexity index is 342. The fourth-order valence-electron chi connectivity index (χ4n) is 1.78. The van der Waals surface area contributed by atoms with Gasteiger partial charge in [-0.3, -0.25) is 0 Å². The molecule has 1 rings (SSSR count). The number of benzene rings is 1. The van der Waals surface area contributed by atoms with Crippen molar-refractivity contribution in [2.45, 2.75) is 46.3 Å². The summed E-state index contributed by atoms with van der Waals surface area (Å²) in [5.41, 5.74) is 6.19. The van der Waals surface area contributed by atoms with E-state index < -0.39 is 0 Å². The number of halogens is 1. The Labute approximate surface area is 118 Å². The highest BCUT2D eigenvalue weighted by molar-refractivity contribution is 14.1. The van der Waals surface area contributed by atoms with Crippen molar-refractivity contribution in [2.24, 2.45) is 11.1 Å². The Morgan fingerprint density at radius 1 is 1.24 bits per heavy atom. The van der Waals surface area contributed by atoms with Crippen molar-refractivity contribution in [3.05, 3.63) is 27.8 Å². The first kappa shape index (κ1) is 14.8. The van der Waals surface area contributed by atoms with Crippen molar-refractivity contribution in [2.75, 3.05) is 0 Å². The third-order valence-corrected chi connectivity index (χ3v) is 3.51. The predicted molar refractivity (Wildman–Crippen MR) is 81.3 cm³/mol. The minimum absolute atomic E-state index is 0.0348. The smallest absolute Gasteiger partial charge is 0.119 e. The molecule has 1 aromatic rings. The number of hydrogen-bond donors (Lipinski definition) is 1. The van der Waals surface area contributed by atoms with E-state index >= 15 is 0 Å². The SMILES string of the molecule is CCC(N)C(Oc1ccc(I)cc1)C(C)(C)C. The van der Waals surface area contributed by atoms with E-state index in [1.54, 1.807) is 0 Å². The first-order valence-corrected chi connectivity index (χ1v) is 7.10. The highest BCUT2D eigenvalue weighted by atomic mass is 127. The molecule has 2 unspecified atom stereocenters. The Morgan fingerprint density at radius 3 is 2.18 bits per heavy atom.